The molecular weight excluding hydrogens is 516 g/mol. The molecule has 2 saturated heterocycles. The first-order chi connectivity index (χ1) is 19.2. The molecule has 1 N–H and O–H groups in total. The standard InChI is InChI=1S/C29H38N4O7/c1-26(2,3)39-25(35)33-15-19-21(27(16-33)11-12-36-17-27)30-23(31-24(19)34)20-18-7-6-9-28(22(18)32-40-20)8-4-5-10-29(28)37-13-14-38-29/h4-17H2,1-3H3,(H,30,31,34)/t27-,28+/m1/s1. The summed E-state index contributed by atoms with van der Waals surface area (Å²) in [7, 11) is 0. The zero-order chi connectivity index (χ0) is 27.8. The molecule has 11 heteroatoms. The predicted octanol–water partition coefficient (Wildman–Crippen LogP) is 3.72. The number of aromatic amines is 1. The van der Waals surface area contributed by atoms with E-state index in [4.69, 9.17) is 28.5 Å². The zero-order valence-corrected chi connectivity index (χ0v) is 23.6. The third kappa shape index (κ3) is 3.88. The number of carbonyl (C=O) groups excluding carboxylic acids is 1. The summed E-state index contributed by atoms with van der Waals surface area (Å²) in [5.41, 5.74) is 1.15. The Hall–Kier alpha value is -2.76. The number of hydrogen-bond acceptors (Lipinski definition) is 9. The maximum atomic E-state index is 13.6. The molecule has 5 aliphatic rings. The first kappa shape index (κ1) is 26.2. The lowest BCUT2D eigenvalue weighted by molar-refractivity contribution is -0.231. The van der Waals surface area contributed by atoms with E-state index in [0.717, 1.165) is 56.2 Å². The van der Waals surface area contributed by atoms with Gasteiger partial charge in [-0.2, -0.15) is 0 Å². The Morgan fingerprint density at radius 2 is 1.77 bits per heavy atom. The fourth-order valence-electron chi connectivity index (χ4n) is 7.74. The van der Waals surface area contributed by atoms with E-state index in [0.29, 0.717) is 62.2 Å². The molecule has 0 aromatic carbocycles. The van der Waals surface area contributed by atoms with Crippen LogP contribution in [0.3, 0.4) is 0 Å². The molecule has 2 aliphatic carbocycles. The summed E-state index contributed by atoms with van der Waals surface area (Å²) in [4.78, 5) is 36.3. The summed E-state index contributed by atoms with van der Waals surface area (Å²) < 4.78 is 30.2. The molecule has 2 aromatic heterocycles. The lowest BCUT2D eigenvalue weighted by Gasteiger charge is -2.50. The van der Waals surface area contributed by atoms with Crippen LogP contribution in [0, 0.1) is 0 Å². The minimum Gasteiger partial charge on any atom is -0.444 e. The number of nitrogens with one attached hydrogen (secondary N) is 1. The molecule has 3 aliphatic heterocycles. The van der Waals surface area contributed by atoms with Crippen molar-refractivity contribution < 1.29 is 28.3 Å². The second-order valence-electron chi connectivity index (χ2n) is 13.1. The summed E-state index contributed by atoms with van der Waals surface area (Å²) >= 11 is 0. The predicted molar refractivity (Wildman–Crippen MR) is 142 cm³/mol. The molecule has 3 fully saturated rings. The number of fused-ring (bicyclic) bond motifs is 5. The van der Waals surface area contributed by atoms with Gasteiger partial charge in [0.15, 0.2) is 11.6 Å². The van der Waals surface area contributed by atoms with E-state index in [2.05, 4.69) is 10.1 Å². The second-order valence-corrected chi connectivity index (χ2v) is 13.1. The van der Waals surface area contributed by atoms with Crippen molar-refractivity contribution in [3.8, 4) is 11.6 Å². The van der Waals surface area contributed by atoms with Crippen molar-refractivity contribution in [3.63, 3.8) is 0 Å². The smallest absolute Gasteiger partial charge is 0.410 e. The van der Waals surface area contributed by atoms with Gasteiger partial charge in [-0.05, 0) is 59.3 Å². The number of rotatable bonds is 1. The van der Waals surface area contributed by atoms with Crippen LogP contribution in [0.2, 0.25) is 0 Å². The summed E-state index contributed by atoms with van der Waals surface area (Å²) in [5, 5.41) is 4.64. The van der Waals surface area contributed by atoms with Gasteiger partial charge in [-0.1, -0.05) is 11.6 Å². The van der Waals surface area contributed by atoms with Crippen LogP contribution in [0.25, 0.3) is 11.6 Å². The minimum atomic E-state index is -0.665. The second kappa shape index (κ2) is 9.12. The van der Waals surface area contributed by atoms with Crippen molar-refractivity contribution in [2.75, 3.05) is 33.0 Å². The lowest BCUT2D eigenvalue weighted by atomic mass is 9.61. The van der Waals surface area contributed by atoms with E-state index in [1.807, 2.05) is 20.8 Å². The molecule has 40 heavy (non-hydrogen) atoms. The maximum Gasteiger partial charge on any atom is 0.410 e. The molecule has 5 heterocycles. The minimum absolute atomic E-state index is 0.128. The van der Waals surface area contributed by atoms with Crippen molar-refractivity contribution >= 4 is 6.09 Å². The highest BCUT2D eigenvalue weighted by Gasteiger charge is 2.61. The Morgan fingerprint density at radius 1 is 1.00 bits per heavy atom. The number of carbonyl (C=O) groups is 1. The molecule has 1 saturated carbocycles. The first-order valence-electron chi connectivity index (χ1n) is 14.6. The Kier molecular flexibility index (Phi) is 5.97. The molecule has 0 unspecified atom stereocenters. The van der Waals surface area contributed by atoms with Crippen LogP contribution < -0.4 is 5.56 Å². The Labute approximate surface area is 232 Å². The Balaban J connectivity index is 1.30. The van der Waals surface area contributed by atoms with Gasteiger partial charge in [0.25, 0.3) is 5.56 Å². The van der Waals surface area contributed by atoms with Gasteiger partial charge in [0.2, 0.25) is 5.76 Å². The van der Waals surface area contributed by atoms with Crippen LogP contribution in [0.4, 0.5) is 4.79 Å². The van der Waals surface area contributed by atoms with E-state index in [1.54, 1.807) is 4.90 Å². The average molecular weight is 555 g/mol. The van der Waals surface area contributed by atoms with E-state index in [-0.39, 0.29) is 17.5 Å². The fraction of sp³-hybridized carbons (Fsp3) is 0.724. The molecule has 7 rings (SSSR count). The fourth-order valence-corrected chi connectivity index (χ4v) is 7.74. The quantitative estimate of drug-likeness (QED) is 0.561. The number of aromatic nitrogens is 3. The van der Waals surface area contributed by atoms with Gasteiger partial charge in [-0.3, -0.25) is 4.79 Å². The Morgan fingerprint density at radius 3 is 2.52 bits per heavy atom. The molecule has 2 atom stereocenters. The van der Waals surface area contributed by atoms with Crippen LogP contribution in [0.1, 0.15) is 88.2 Å². The Bertz CT molecular complexity index is 1380. The number of ether oxygens (including phenoxy) is 4. The first-order valence-corrected chi connectivity index (χ1v) is 14.6. The highest BCUT2D eigenvalue weighted by atomic mass is 16.7. The molecule has 2 aromatic rings. The molecule has 1 amide bonds. The molecule has 3 spiro atoms. The van der Waals surface area contributed by atoms with Gasteiger partial charge < -0.3 is 33.4 Å². The number of nitrogens with zero attached hydrogens (tertiary/aromatic N) is 3. The van der Waals surface area contributed by atoms with Gasteiger partial charge in [0, 0.05) is 25.1 Å². The average Bonchev–Trinajstić information content (AvgIpc) is 3.67. The van der Waals surface area contributed by atoms with Crippen LogP contribution in [0.5, 0.6) is 0 Å². The molecular formula is C29H38N4O7. The highest BCUT2D eigenvalue weighted by molar-refractivity contribution is 5.69. The largest absolute Gasteiger partial charge is 0.444 e. The van der Waals surface area contributed by atoms with E-state index in [9.17, 15) is 9.59 Å². The SMILES string of the molecule is CC(C)(C)OC(=O)N1Cc2c(nc(-c3onc4c3CCC[C@@]43CCCCC34OCCO4)[nH]c2=O)[C@]2(CCOC2)C1. The van der Waals surface area contributed by atoms with Crippen molar-refractivity contribution in [3.05, 3.63) is 32.9 Å². The van der Waals surface area contributed by atoms with Crippen LogP contribution >= 0.6 is 0 Å². The van der Waals surface area contributed by atoms with Gasteiger partial charge >= 0.3 is 6.09 Å². The van der Waals surface area contributed by atoms with Crippen molar-refractivity contribution in [1.82, 2.24) is 20.0 Å². The third-order valence-corrected chi connectivity index (χ3v) is 9.44. The van der Waals surface area contributed by atoms with Crippen LogP contribution in [0.15, 0.2) is 9.32 Å². The van der Waals surface area contributed by atoms with Gasteiger partial charge in [0.1, 0.15) is 5.60 Å². The zero-order valence-electron chi connectivity index (χ0n) is 23.6. The molecule has 11 nitrogen and oxygen atoms in total. The summed E-state index contributed by atoms with van der Waals surface area (Å²) in [6, 6.07) is 0. The van der Waals surface area contributed by atoms with E-state index in [1.165, 1.54) is 0 Å². The molecule has 0 radical (unpaired) electrons. The number of hydrogen-bond donors (Lipinski definition) is 1. The van der Waals surface area contributed by atoms with E-state index < -0.39 is 22.9 Å². The normalized spacial score (nSPS) is 29.2. The topological polar surface area (TPSA) is 129 Å². The summed E-state index contributed by atoms with van der Waals surface area (Å²) in [5.74, 6) is 0.225. The van der Waals surface area contributed by atoms with Gasteiger partial charge in [0.05, 0.1) is 54.1 Å². The van der Waals surface area contributed by atoms with Gasteiger partial charge in [-0.25, -0.2) is 9.78 Å². The number of amides is 1. The van der Waals surface area contributed by atoms with Crippen molar-refractivity contribution in [1.29, 1.82) is 0 Å². The van der Waals surface area contributed by atoms with Crippen molar-refractivity contribution in [2.24, 2.45) is 0 Å². The van der Waals surface area contributed by atoms with Crippen LogP contribution in [-0.4, -0.2) is 70.5 Å². The molecule has 216 valence electrons. The molecule has 0 bridgehead atoms. The monoisotopic (exact) mass is 554 g/mol. The van der Waals surface area contributed by atoms with Crippen molar-refractivity contribution in [2.45, 2.75) is 101 Å². The summed E-state index contributed by atoms with van der Waals surface area (Å²) in [6.07, 6.45) is 6.80. The van der Waals surface area contributed by atoms with Gasteiger partial charge in [-0.15, -0.1) is 0 Å². The lowest BCUT2D eigenvalue weighted by Crippen LogP contribution is -2.56. The maximum absolute atomic E-state index is 13.6. The van der Waals surface area contributed by atoms with E-state index >= 15 is 0 Å². The van der Waals surface area contributed by atoms with Crippen LogP contribution in [-0.2, 0) is 42.7 Å². The number of H-pyrrole nitrogens is 1. The highest BCUT2D eigenvalue weighted by Crippen LogP contribution is 2.56. The third-order valence-electron chi connectivity index (χ3n) is 9.44. The summed E-state index contributed by atoms with van der Waals surface area (Å²) in [6.45, 7) is 8.10.